The Kier molecular flexibility index (Phi) is 7.00. The Labute approximate surface area is 213 Å². The molecular formula is C32H48O3. The SMILES string of the molecule is Cc1ccccc1C(O)CCCC(C)[C@H]1CC[C@H]2[C@@H]3CC=C4[C@@H](O)[C@@H](O)CC[C@]4(C)[C@H]3CC[C@]12C. The molecule has 35 heavy (non-hydrogen) atoms. The van der Waals surface area contributed by atoms with Gasteiger partial charge in [-0.3, -0.25) is 0 Å². The molecule has 194 valence electrons. The van der Waals surface area contributed by atoms with E-state index in [0.717, 1.165) is 61.0 Å². The molecule has 10 atom stereocenters. The molecule has 4 aliphatic rings. The molecule has 0 spiro atoms. The summed E-state index contributed by atoms with van der Waals surface area (Å²) < 4.78 is 0. The summed E-state index contributed by atoms with van der Waals surface area (Å²) in [6.07, 6.45) is 12.0. The van der Waals surface area contributed by atoms with E-state index in [9.17, 15) is 15.3 Å². The summed E-state index contributed by atoms with van der Waals surface area (Å²) in [5.74, 6) is 3.64. The number of aryl methyl sites for hydroxylation is 1. The van der Waals surface area contributed by atoms with E-state index in [2.05, 4.69) is 45.9 Å². The van der Waals surface area contributed by atoms with E-state index in [-0.39, 0.29) is 11.5 Å². The average molecular weight is 481 g/mol. The molecule has 1 aromatic carbocycles. The van der Waals surface area contributed by atoms with E-state index in [1.807, 2.05) is 12.1 Å². The van der Waals surface area contributed by atoms with Crippen LogP contribution in [0.3, 0.4) is 0 Å². The first kappa shape index (κ1) is 25.5. The lowest BCUT2D eigenvalue weighted by Gasteiger charge is -2.59. The molecule has 0 heterocycles. The second-order valence-corrected chi connectivity index (χ2v) is 13.2. The van der Waals surface area contributed by atoms with Gasteiger partial charge in [0.15, 0.2) is 0 Å². The molecule has 3 saturated carbocycles. The van der Waals surface area contributed by atoms with Crippen LogP contribution in [-0.4, -0.2) is 27.5 Å². The molecule has 3 heteroatoms. The summed E-state index contributed by atoms with van der Waals surface area (Å²) in [6, 6.07) is 8.24. The number of rotatable bonds is 6. The van der Waals surface area contributed by atoms with Crippen molar-refractivity contribution in [1.82, 2.24) is 0 Å². The van der Waals surface area contributed by atoms with Crippen molar-refractivity contribution >= 4 is 0 Å². The fourth-order valence-electron chi connectivity index (χ4n) is 9.64. The fourth-order valence-corrected chi connectivity index (χ4v) is 9.64. The topological polar surface area (TPSA) is 60.7 Å². The second-order valence-electron chi connectivity index (χ2n) is 13.2. The lowest BCUT2D eigenvalue weighted by atomic mass is 9.46. The molecule has 0 aliphatic heterocycles. The third-order valence-corrected chi connectivity index (χ3v) is 11.6. The van der Waals surface area contributed by atoms with E-state index in [1.165, 1.54) is 37.7 Å². The Morgan fingerprint density at radius 1 is 0.971 bits per heavy atom. The second kappa shape index (κ2) is 9.62. The smallest absolute Gasteiger partial charge is 0.101 e. The van der Waals surface area contributed by atoms with Gasteiger partial charge >= 0.3 is 0 Å². The lowest BCUT2D eigenvalue weighted by Crippen LogP contribution is -2.53. The highest BCUT2D eigenvalue weighted by Crippen LogP contribution is 2.67. The predicted molar refractivity (Wildman–Crippen MR) is 142 cm³/mol. The molecule has 3 fully saturated rings. The summed E-state index contributed by atoms with van der Waals surface area (Å²) in [7, 11) is 0. The van der Waals surface area contributed by atoms with Gasteiger partial charge in [0.2, 0.25) is 0 Å². The molecule has 0 aromatic heterocycles. The first-order chi connectivity index (χ1) is 16.7. The van der Waals surface area contributed by atoms with Crippen molar-refractivity contribution < 1.29 is 15.3 Å². The van der Waals surface area contributed by atoms with Crippen LogP contribution in [0.25, 0.3) is 0 Å². The van der Waals surface area contributed by atoms with Gasteiger partial charge in [0.25, 0.3) is 0 Å². The summed E-state index contributed by atoms with van der Waals surface area (Å²) in [5, 5.41) is 31.8. The standard InChI is InChI=1S/C32H48O3/c1-20-8-5-6-10-22(20)28(33)11-7-9-21(2)24-14-15-25-23-12-13-27-30(35)29(34)17-19-32(27,4)26(23)16-18-31(24,25)3/h5-6,8,10,13,21,23-26,28-30,33-35H,7,9,11-12,14-19H2,1-4H3/t21?,23-,24+,25-,26-,28?,29-,30+,31+,32+/m0/s1. The first-order valence-corrected chi connectivity index (χ1v) is 14.5. The summed E-state index contributed by atoms with van der Waals surface area (Å²) in [5.41, 5.74) is 3.91. The highest BCUT2D eigenvalue weighted by atomic mass is 16.3. The molecule has 0 radical (unpaired) electrons. The number of fused-ring (bicyclic) bond motifs is 5. The molecular weight excluding hydrogens is 432 g/mol. The largest absolute Gasteiger partial charge is 0.390 e. The summed E-state index contributed by atoms with van der Waals surface area (Å²) in [4.78, 5) is 0. The van der Waals surface area contributed by atoms with Crippen molar-refractivity contribution in [3.05, 3.63) is 47.0 Å². The van der Waals surface area contributed by atoms with Crippen molar-refractivity contribution in [3.8, 4) is 0 Å². The first-order valence-electron chi connectivity index (χ1n) is 14.5. The molecule has 4 aliphatic carbocycles. The number of benzene rings is 1. The molecule has 5 rings (SSSR count). The Balaban J connectivity index is 1.24. The van der Waals surface area contributed by atoms with Gasteiger partial charge in [0.1, 0.15) is 6.10 Å². The Bertz CT molecular complexity index is 938. The normalized spacial score (nSPS) is 42.4. The zero-order valence-electron chi connectivity index (χ0n) is 22.4. The number of hydrogen-bond acceptors (Lipinski definition) is 3. The van der Waals surface area contributed by atoms with E-state index in [0.29, 0.717) is 17.3 Å². The number of aliphatic hydroxyl groups excluding tert-OH is 3. The Hall–Kier alpha value is -1.16. The maximum Gasteiger partial charge on any atom is 0.101 e. The van der Waals surface area contributed by atoms with Crippen LogP contribution in [0.15, 0.2) is 35.9 Å². The van der Waals surface area contributed by atoms with Gasteiger partial charge in [-0.05, 0) is 115 Å². The van der Waals surface area contributed by atoms with Crippen LogP contribution < -0.4 is 0 Å². The summed E-state index contributed by atoms with van der Waals surface area (Å²) >= 11 is 0. The van der Waals surface area contributed by atoms with Crippen LogP contribution in [0.5, 0.6) is 0 Å². The van der Waals surface area contributed by atoms with Crippen molar-refractivity contribution in [2.24, 2.45) is 40.4 Å². The zero-order valence-corrected chi connectivity index (χ0v) is 22.4. The molecule has 0 amide bonds. The van der Waals surface area contributed by atoms with Gasteiger partial charge in [0.05, 0.1) is 12.2 Å². The van der Waals surface area contributed by atoms with Crippen molar-refractivity contribution in [2.75, 3.05) is 0 Å². The van der Waals surface area contributed by atoms with Gasteiger partial charge in [0, 0.05) is 0 Å². The van der Waals surface area contributed by atoms with Crippen LogP contribution in [-0.2, 0) is 0 Å². The Morgan fingerprint density at radius 3 is 2.51 bits per heavy atom. The van der Waals surface area contributed by atoms with Crippen molar-refractivity contribution in [2.45, 2.75) is 110 Å². The van der Waals surface area contributed by atoms with Crippen LogP contribution >= 0.6 is 0 Å². The minimum atomic E-state index is -0.658. The molecule has 3 nitrogen and oxygen atoms in total. The zero-order chi connectivity index (χ0) is 25.0. The van der Waals surface area contributed by atoms with Crippen LogP contribution in [0.1, 0.15) is 102 Å². The molecule has 0 bridgehead atoms. The van der Waals surface area contributed by atoms with Crippen molar-refractivity contribution in [3.63, 3.8) is 0 Å². The molecule has 3 N–H and O–H groups in total. The molecule has 2 unspecified atom stereocenters. The quantitative estimate of drug-likeness (QED) is 0.395. The van der Waals surface area contributed by atoms with Gasteiger partial charge in [-0.15, -0.1) is 0 Å². The minimum Gasteiger partial charge on any atom is -0.390 e. The van der Waals surface area contributed by atoms with E-state index >= 15 is 0 Å². The monoisotopic (exact) mass is 480 g/mol. The molecule has 0 saturated heterocycles. The fraction of sp³-hybridized carbons (Fsp3) is 0.750. The van der Waals surface area contributed by atoms with Gasteiger partial charge in [-0.1, -0.05) is 64.0 Å². The molecule has 1 aromatic rings. The maximum absolute atomic E-state index is 10.8. The van der Waals surface area contributed by atoms with Crippen molar-refractivity contribution in [1.29, 1.82) is 0 Å². The van der Waals surface area contributed by atoms with Gasteiger partial charge in [-0.25, -0.2) is 0 Å². The summed E-state index contributed by atoms with van der Waals surface area (Å²) in [6.45, 7) is 9.56. The van der Waals surface area contributed by atoms with Gasteiger partial charge in [-0.2, -0.15) is 0 Å². The highest BCUT2D eigenvalue weighted by Gasteiger charge is 2.60. The van der Waals surface area contributed by atoms with Crippen LogP contribution in [0, 0.1) is 47.3 Å². The number of aliphatic hydroxyl groups is 3. The maximum atomic E-state index is 10.8. The highest BCUT2D eigenvalue weighted by molar-refractivity contribution is 5.29. The van der Waals surface area contributed by atoms with E-state index < -0.39 is 12.2 Å². The lowest BCUT2D eigenvalue weighted by molar-refractivity contribution is -0.0801. The van der Waals surface area contributed by atoms with Crippen LogP contribution in [0.4, 0.5) is 0 Å². The van der Waals surface area contributed by atoms with Gasteiger partial charge < -0.3 is 15.3 Å². The number of allylic oxidation sites excluding steroid dienone is 1. The third-order valence-electron chi connectivity index (χ3n) is 11.6. The third kappa shape index (κ3) is 4.24. The van der Waals surface area contributed by atoms with Crippen LogP contribution in [0.2, 0.25) is 0 Å². The average Bonchev–Trinajstić information content (AvgIpc) is 3.19. The predicted octanol–water partition coefficient (Wildman–Crippen LogP) is 6.75. The minimum absolute atomic E-state index is 0.0678. The number of hydrogen-bond donors (Lipinski definition) is 3. The Morgan fingerprint density at radius 2 is 1.74 bits per heavy atom. The van der Waals surface area contributed by atoms with E-state index in [4.69, 9.17) is 0 Å². The van der Waals surface area contributed by atoms with E-state index in [1.54, 1.807) is 0 Å².